The molecular formula is C4H5N3O. The summed E-state index contributed by atoms with van der Waals surface area (Å²) in [5.74, 6) is 0. The minimum absolute atomic E-state index is 0.435. The highest BCUT2D eigenvalue weighted by Gasteiger charge is 1.94. The Morgan fingerprint density at radius 3 is 2.88 bits per heavy atom. The average Bonchev–Trinajstić information content (AvgIpc) is 2.12. The fraction of sp³-hybridized carbons (Fsp3) is 0. The molecule has 0 amide bonds. The molecule has 0 bridgehead atoms. The van der Waals surface area contributed by atoms with Crippen LogP contribution in [0.2, 0.25) is 0 Å². The van der Waals surface area contributed by atoms with E-state index in [0.29, 0.717) is 10.4 Å². The van der Waals surface area contributed by atoms with Crippen molar-refractivity contribution >= 4 is 12.4 Å². The van der Waals surface area contributed by atoms with Gasteiger partial charge < -0.3 is 5.21 Å². The second kappa shape index (κ2) is 1.65. The molecule has 0 saturated heterocycles. The van der Waals surface area contributed by atoms with E-state index in [1.807, 2.05) is 0 Å². The maximum absolute atomic E-state index is 10.3. The number of H-pyrrole nitrogens is 1. The summed E-state index contributed by atoms with van der Waals surface area (Å²) >= 11 is 0. The Balaban J connectivity index is 2.93. The van der Waals surface area contributed by atoms with Crippen molar-refractivity contribution in [2.45, 2.75) is 0 Å². The van der Waals surface area contributed by atoms with Crippen LogP contribution in [0.15, 0.2) is 12.4 Å². The van der Waals surface area contributed by atoms with Gasteiger partial charge in [0.15, 0.2) is 0 Å². The van der Waals surface area contributed by atoms with Crippen molar-refractivity contribution in [1.29, 1.82) is 0 Å². The fourth-order valence-corrected chi connectivity index (χ4v) is 0.380. The zero-order valence-corrected chi connectivity index (χ0v) is 4.16. The van der Waals surface area contributed by atoms with Gasteiger partial charge in [-0.25, -0.2) is 0 Å². The van der Waals surface area contributed by atoms with E-state index < -0.39 is 0 Å². The maximum atomic E-state index is 10.3. The Morgan fingerprint density at radius 1 is 1.88 bits per heavy atom. The summed E-state index contributed by atoms with van der Waals surface area (Å²) in [4.78, 5) is 0. The zero-order valence-electron chi connectivity index (χ0n) is 4.16. The van der Waals surface area contributed by atoms with E-state index in [4.69, 9.17) is 0 Å². The van der Waals surface area contributed by atoms with Gasteiger partial charge in [0, 0.05) is 0 Å². The first kappa shape index (κ1) is 4.83. The highest BCUT2D eigenvalue weighted by molar-refractivity contribution is 5.28. The molecule has 1 rings (SSSR count). The fourth-order valence-electron chi connectivity index (χ4n) is 0.380. The van der Waals surface area contributed by atoms with Gasteiger partial charge in [-0.3, -0.25) is 5.10 Å². The second-order valence-electron chi connectivity index (χ2n) is 1.34. The predicted molar refractivity (Wildman–Crippen MR) is 29.0 cm³/mol. The summed E-state index contributed by atoms with van der Waals surface area (Å²) in [5.41, 5.74) is 0.435. The van der Waals surface area contributed by atoms with Gasteiger partial charge in [-0.1, -0.05) is 0 Å². The van der Waals surface area contributed by atoms with Gasteiger partial charge in [-0.15, -0.1) is 0 Å². The van der Waals surface area contributed by atoms with Gasteiger partial charge in [0.05, 0.1) is 6.20 Å². The number of aromatic amines is 1. The van der Waals surface area contributed by atoms with Gasteiger partial charge in [0.2, 0.25) is 0 Å². The molecular weight excluding hydrogens is 106 g/mol. The predicted octanol–water partition coefficient (Wildman–Crippen LogP) is 0.252. The number of aromatic nitrogens is 2. The molecule has 4 heteroatoms. The lowest BCUT2D eigenvalue weighted by Gasteiger charge is -1.91. The lowest BCUT2D eigenvalue weighted by molar-refractivity contribution is -0.349. The van der Waals surface area contributed by atoms with E-state index in [1.165, 1.54) is 12.4 Å². The van der Waals surface area contributed by atoms with Gasteiger partial charge in [0.25, 0.3) is 5.69 Å². The molecule has 1 aromatic rings. The number of rotatable bonds is 1. The van der Waals surface area contributed by atoms with Crippen LogP contribution in [-0.4, -0.2) is 21.7 Å². The standard InChI is InChI=1S/C4H5N3O/c1-7(8)4-2-5-6-3-4/h2-3H,1H2,(H,5,6). The number of nitrogens with zero attached hydrogens (tertiary/aromatic N) is 2. The zero-order chi connectivity index (χ0) is 5.98. The SMILES string of the molecule is C=[N+]([O-])c1cn[nH]c1. The highest BCUT2D eigenvalue weighted by atomic mass is 16.5. The molecule has 0 spiro atoms. The van der Waals surface area contributed by atoms with Crippen LogP contribution < -0.4 is 0 Å². The van der Waals surface area contributed by atoms with Crippen LogP contribution in [0.25, 0.3) is 0 Å². The molecule has 0 aromatic carbocycles. The normalized spacial score (nSPS) is 9.00. The number of hydrogen-bond donors (Lipinski definition) is 1. The van der Waals surface area contributed by atoms with Crippen molar-refractivity contribution in [3.05, 3.63) is 17.6 Å². The second-order valence-corrected chi connectivity index (χ2v) is 1.34. The molecule has 0 saturated carbocycles. The van der Waals surface area contributed by atoms with Crippen molar-refractivity contribution in [3.63, 3.8) is 0 Å². The van der Waals surface area contributed by atoms with Gasteiger partial charge in [-0.05, 0) is 0 Å². The topological polar surface area (TPSA) is 54.8 Å². The van der Waals surface area contributed by atoms with Crippen LogP contribution in [0.5, 0.6) is 0 Å². The Hall–Kier alpha value is -1.32. The van der Waals surface area contributed by atoms with E-state index in [-0.39, 0.29) is 0 Å². The van der Waals surface area contributed by atoms with E-state index in [9.17, 15) is 5.21 Å². The van der Waals surface area contributed by atoms with Crippen LogP contribution in [0.4, 0.5) is 5.69 Å². The molecule has 0 aliphatic rings. The van der Waals surface area contributed by atoms with Gasteiger partial charge in [0.1, 0.15) is 12.9 Å². The van der Waals surface area contributed by atoms with Crippen molar-refractivity contribution in [3.8, 4) is 0 Å². The van der Waals surface area contributed by atoms with Crippen LogP contribution in [-0.2, 0) is 0 Å². The van der Waals surface area contributed by atoms with Crippen molar-refractivity contribution in [2.75, 3.05) is 0 Å². The molecule has 0 fully saturated rings. The minimum Gasteiger partial charge on any atom is -0.619 e. The first-order valence-corrected chi connectivity index (χ1v) is 2.07. The van der Waals surface area contributed by atoms with E-state index >= 15 is 0 Å². The van der Waals surface area contributed by atoms with Gasteiger partial charge in [-0.2, -0.15) is 9.84 Å². The molecule has 4 nitrogen and oxygen atoms in total. The Labute approximate surface area is 46.0 Å². The lowest BCUT2D eigenvalue weighted by atomic mass is 10.6. The molecule has 0 aliphatic carbocycles. The molecule has 1 heterocycles. The average molecular weight is 111 g/mol. The third-order valence-corrected chi connectivity index (χ3v) is 0.772. The summed E-state index contributed by atoms with van der Waals surface area (Å²) in [6.45, 7) is 3.10. The highest BCUT2D eigenvalue weighted by Crippen LogP contribution is 2.02. The van der Waals surface area contributed by atoms with E-state index in [1.54, 1.807) is 0 Å². The first-order valence-electron chi connectivity index (χ1n) is 2.07. The summed E-state index contributed by atoms with van der Waals surface area (Å²) in [5, 5.41) is 16.3. The quantitative estimate of drug-likeness (QED) is 0.244. The summed E-state index contributed by atoms with van der Waals surface area (Å²) in [6, 6.07) is 0. The molecule has 0 unspecified atom stereocenters. The molecule has 1 aromatic heterocycles. The monoisotopic (exact) mass is 111 g/mol. The van der Waals surface area contributed by atoms with Crippen LogP contribution >= 0.6 is 0 Å². The third kappa shape index (κ3) is 0.676. The smallest absolute Gasteiger partial charge is 0.253 e. The van der Waals surface area contributed by atoms with Crippen LogP contribution in [0, 0.1) is 5.21 Å². The largest absolute Gasteiger partial charge is 0.619 e. The third-order valence-electron chi connectivity index (χ3n) is 0.772. The summed E-state index contributed by atoms with van der Waals surface area (Å²) in [6.07, 6.45) is 2.88. The summed E-state index contributed by atoms with van der Waals surface area (Å²) in [7, 11) is 0. The van der Waals surface area contributed by atoms with E-state index in [0.717, 1.165) is 0 Å². The molecule has 42 valence electrons. The molecule has 8 heavy (non-hydrogen) atoms. The lowest BCUT2D eigenvalue weighted by Crippen LogP contribution is -1.84. The maximum Gasteiger partial charge on any atom is 0.253 e. The van der Waals surface area contributed by atoms with Crippen molar-refractivity contribution in [2.24, 2.45) is 0 Å². The molecule has 0 atom stereocenters. The molecule has 0 radical (unpaired) electrons. The molecule has 1 N–H and O–H groups in total. The molecule has 0 aliphatic heterocycles. The Morgan fingerprint density at radius 2 is 2.62 bits per heavy atom. The van der Waals surface area contributed by atoms with E-state index in [2.05, 4.69) is 16.9 Å². The van der Waals surface area contributed by atoms with Gasteiger partial charge >= 0.3 is 0 Å². The van der Waals surface area contributed by atoms with Crippen molar-refractivity contribution < 1.29 is 4.74 Å². The number of hydrogen-bond acceptors (Lipinski definition) is 2. The van der Waals surface area contributed by atoms with Crippen LogP contribution in [0.3, 0.4) is 0 Å². The summed E-state index contributed by atoms with van der Waals surface area (Å²) < 4.78 is 0.490. The van der Waals surface area contributed by atoms with Crippen LogP contribution in [0.1, 0.15) is 0 Å². The Kier molecular flexibility index (Phi) is 0.997. The van der Waals surface area contributed by atoms with Crippen molar-refractivity contribution in [1.82, 2.24) is 10.2 Å². The minimum atomic E-state index is 0.435. The first-order chi connectivity index (χ1) is 3.80. The Bertz CT molecular complexity index is 179. The number of nitrogens with one attached hydrogen (secondary N) is 1.